The molecule has 106 valence electrons. The molecule has 3 aromatic rings. The van der Waals surface area contributed by atoms with Crippen molar-refractivity contribution >= 4 is 17.2 Å². The fourth-order valence-electron chi connectivity index (χ4n) is 2.66. The van der Waals surface area contributed by atoms with Gasteiger partial charge in [0.05, 0.1) is 5.69 Å². The normalized spacial score (nSPS) is 11.0. The molecular weight excluding hydrogens is 272 g/mol. The van der Waals surface area contributed by atoms with E-state index in [0.29, 0.717) is 17.5 Å². The first-order valence-electron chi connectivity index (χ1n) is 6.56. The highest BCUT2D eigenvalue weighted by molar-refractivity contribution is 6.06. The van der Waals surface area contributed by atoms with E-state index in [1.165, 1.54) is 12.1 Å². The minimum Gasteiger partial charge on any atom is -0.354 e. The second-order valence-corrected chi connectivity index (χ2v) is 5.08. The summed E-state index contributed by atoms with van der Waals surface area (Å²) in [6.07, 6.45) is 0.685. The number of H-pyrrole nitrogens is 1. The van der Waals surface area contributed by atoms with Gasteiger partial charge in [-0.15, -0.1) is 0 Å². The third-order valence-corrected chi connectivity index (χ3v) is 3.75. The molecule has 0 amide bonds. The molecule has 0 atom stereocenters. The van der Waals surface area contributed by atoms with E-state index in [4.69, 9.17) is 0 Å². The molecule has 0 aliphatic heterocycles. The molecule has 0 saturated carbocycles. The van der Waals surface area contributed by atoms with Crippen LogP contribution in [0.4, 0.5) is 8.78 Å². The molecule has 0 radical (unpaired) electrons. The van der Waals surface area contributed by atoms with Gasteiger partial charge in [0.15, 0.2) is 17.9 Å². The first kappa shape index (κ1) is 13.5. The number of nitrogens with one attached hydrogen (secondary N) is 1. The van der Waals surface area contributed by atoms with Crippen molar-refractivity contribution in [1.82, 2.24) is 4.98 Å². The zero-order valence-corrected chi connectivity index (χ0v) is 11.6. The number of aromatic amines is 1. The van der Waals surface area contributed by atoms with Crippen LogP contribution in [0.3, 0.4) is 0 Å². The van der Waals surface area contributed by atoms with Crippen molar-refractivity contribution in [3.63, 3.8) is 0 Å². The Labute approximate surface area is 120 Å². The number of fused-ring (bicyclic) bond motifs is 1. The highest BCUT2D eigenvalue weighted by Gasteiger charge is 2.19. The number of aldehydes is 1. The second-order valence-electron chi connectivity index (χ2n) is 5.08. The van der Waals surface area contributed by atoms with Crippen molar-refractivity contribution in [2.75, 3.05) is 0 Å². The minimum atomic E-state index is -0.956. The number of benzene rings is 2. The highest BCUT2D eigenvalue weighted by Crippen LogP contribution is 2.34. The monoisotopic (exact) mass is 285 g/mol. The van der Waals surface area contributed by atoms with E-state index in [1.54, 1.807) is 0 Å². The summed E-state index contributed by atoms with van der Waals surface area (Å²) in [7, 11) is 0. The van der Waals surface area contributed by atoms with Gasteiger partial charge in [0.1, 0.15) is 0 Å². The summed E-state index contributed by atoms with van der Waals surface area (Å²) in [6.45, 7) is 3.78. The summed E-state index contributed by atoms with van der Waals surface area (Å²) >= 11 is 0. The number of hydrogen-bond acceptors (Lipinski definition) is 1. The molecule has 2 nitrogen and oxygen atoms in total. The Morgan fingerprint density at radius 2 is 1.76 bits per heavy atom. The van der Waals surface area contributed by atoms with E-state index in [1.807, 2.05) is 26.0 Å². The Morgan fingerprint density at radius 1 is 1.05 bits per heavy atom. The molecule has 0 spiro atoms. The number of hydrogen-bond donors (Lipinski definition) is 1. The van der Waals surface area contributed by atoms with Gasteiger partial charge in [-0.05, 0) is 37.1 Å². The van der Waals surface area contributed by atoms with Gasteiger partial charge in [0.25, 0.3) is 0 Å². The van der Waals surface area contributed by atoms with Crippen LogP contribution in [0.25, 0.3) is 22.2 Å². The number of aromatic nitrogens is 1. The van der Waals surface area contributed by atoms with E-state index < -0.39 is 11.6 Å². The van der Waals surface area contributed by atoms with Crippen LogP contribution in [-0.4, -0.2) is 11.3 Å². The Balaban J connectivity index is 2.44. The lowest BCUT2D eigenvalue weighted by molar-refractivity contribution is 0.112. The van der Waals surface area contributed by atoms with E-state index >= 15 is 0 Å². The van der Waals surface area contributed by atoms with Crippen LogP contribution in [0.5, 0.6) is 0 Å². The molecule has 0 saturated heterocycles. The number of carbonyl (C=O) groups is 1. The molecule has 0 unspecified atom stereocenters. The van der Waals surface area contributed by atoms with Crippen LogP contribution in [0.1, 0.15) is 21.5 Å². The van der Waals surface area contributed by atoms with Crippen LogP contribution < -0.4 is 0 Å². The van der Waals surface area contributed by atoms with Crippen LogP contribution in [-0.2, 0) is 0 Å². The van der Waals surface area contributed by atoms with Crippen LogP contribution in [0.15, 0.2) is 30.3 Å². The maximum Gasteiger partial charge on any atom is 0.168 e. The Hall–Kier alpha value is -2.49. The molecule has 1 heterocycles. The number of rotatable bonds is 2. The molecule has 0 fully saturated rings. The van der Waals surface area contributed by atoms with Gasteiger partial charge in [-0.2, -0.15) is 0 Å². The SMILES string of the molecule is Cc1ccc(C)c2c(C=O)c(-c3cccc(F)c3F)[nH]c12. The molecule has 1 aromatic heterocycles. The van der Waals surface area contributed by atoms with Crippen molar-refractivity contribution in [3.8, 4) is 11.3 Å². The maximum atomic E-state index is 14.0. The second kappa shape index (κ2) is 4.81. The smallest absolute Gasteiger partial charge is 0.168 e. The number of carbonyl (C=O) groups excluding carboxylic acids is 1. The van der Waals surface area contributed by atoms with E-state index in [2.05, 4.69) is 4.98 Å². The lowest BCUT2D eigenvalue weighted by Crippen LogP contribution is -1.92. The zero-order valence-electron chi connectivity index (χ0n) is 11.6. The molecule has 0 aliphatic rings. The van der Waals surface area contributed by atoms with Gasteiger partial charge >= 0.3 is 0 Å². The van der Waals surface area contributed by atoms with E-state index in [9.17, 15) is 13.6 Å². The molecule has 2 aromatic carbocycles. The van der Waals surface area contributed by atoms with Gasteiger partial charge in [-0.1, -0.05) is 18.2 Å². The quantitative estimate of drug-likeness (QED) is 0.689. The lowest BCUT2D eigenvalue weighted by Gasteiger charge is -2.03. The summed E-state index contributed by atoms with van der Waals surface area (Å²) in [5.74, 6) is -1.89. The number of halogens is 2. The summed E-state index contributed by atoms with van der Waals surface area (Å²) in [6, 6.07) is 7.77. The van der Waals surface area contributed by atoms with Crippen LogP contribution >= 0.6 is 0 Å². The van der Waals surface area contributed by atoms with Gasteiger partial charge in [0.2, 0.25) is 0 Å². The molecule has 4 heteroatoms. The van der Waals surface area contributed by atoms with Crippen molar-refractivity contribution in [2.45, 2.75) is 13.8 Å². The van der Waals surface area contributed by atoms with Crippen LogP contribution in [0, 0.1) is 25.5 Å². The Bertz CT molecular complexity index is 865. The third-order valence-electron chi connectivity index (χ3n) is 3.75. The van der Waals surface area contributed by atoms with Gasteiger partial charge in [-0.3, -0.25) is 4.79 Å². The largest absolute Gasteiger partial charge is 0.354 e. The van der Waals surface area contributed by atoms with Gasteiger partial charge < -0.3 is 4.98 Å². The third kappa shape index (κ3) is 1.95. The summed E-state index contributed by atoms with van der Waals surface area (Å²) in [4.78, 5) is 14.6. The topological polar surface area (TPSA) is 32.9 Å². The van der Waals surface area contributed by atoms with E-state index in [-0.39, 0.29) is 5.56 Å². The average Bonchev–Trinajstić information content (AvgIpc) is 2.86. The van der Waals surface area contributed by atoms with E-state index in [0.717, 1.165) is 28.1 Å². The maximum absolute atomic E-state index is 14.0. The first-order valence-corrected chi connectivity index (χ1v) is 6.56. The standard InChI is InChI=1S/C17H13F2NO/c1-9-6-7-10(2)16-14(9)12(8-21)17(20-16)11-4-3-5-13(18)15(11)19/h3-8,20H,1-2H3. The molecule has 3 rings (SSSR count). The molecule has 1 N–H and O–H groups in total. The number of aryl methyl sites for hydroxylation is 2. The molecule has 0 bridgehead atoms. The molecule has 21 heavy (non-hydrogen) atoms. The summed E-state index contributed by atoms with van der Waals surface area (Å²) in [5.41, 5.74) is 3.37. The van der Waals surface area contributed by atoms with Crippen molar-refractivity contribution in [3.05, 3.63) is 58.7 Å². The summed E-state index contributed by atoms with van der Waals surface area (Å²) in [5, 5.41) is 0.753. The Kier molecular flexibility index (Phi) is 3.09. The summed E-state index contributed by atoms with van der Waals surface area (Å²) < 4.78 is 27.5. The fourth-order valence-corrected chi connectivity index (χ4v) is 2.66. The predicted molar refractivity (Wildman–Crippen MR) is 78.5 cm³/mol. The minimum absolute atomic E-state index is 0.0621. The predicted octanol–water partition coefficient (Wildman–Crippen LogP) is 4.54. The fraction of sp³-hybridized carbons (Fsp3) is 0.118. The van der Waals surface area contributed by atoms with Crippen molar-refractivity contribution in [1.29, 1.82) is 0 Å². The Morgan fingerprint density at radius 3 is 2.48 bits per heavy atom. The van der Waals surface area contributed by atoms with Gasteiger partial charge in [0, 0.05) is 22.0 Å². The lowest BCUT2D eigenvalue weighted by atomic mass is 10.0. The highest BCUT2D eigenvalue weighted by atomic mass is 19.2. The molecular formula is C17H13F2NO. The molecule has 0 aliphatic carbocycles. The zero-order chi connectivity index (χ0) is 15.1. The average molecular weight is 285 g/mol. The first-order chi connectivity index (χ1) is 10.0. The van der Waals surface area contributed by atoms with Crippen LogP contribution in [0.2, 0.25) is 0 Å². The van der Waals surface area contributed by atoms with Crippen molar-refractivity contribution in [2.24, 2.45) is 0 Å². The van der Waals surface area contributed by atoms with Gasteiger partial charge in [-0.25, -0.2) is 8.78 Å². The van der Waals surface area contributed by atoms with Crippen molar-refractivity contribution < 1.29 is 13.6 Å².